The van der Waals surface area contributed by atoms with E-state index in [1.807, 2.05) is 78.9 Å². The normalized spacial score (nSPS) is 12.7. The van der Waals surface area contributed by atoms with Crippen molar-refractivity contribution in [2.75, 3.05) is 0 Å². The summed E-state index contributed by atoms with van der Waals surface area (Å²) in [6, 6.07) is 30.1. The first-order valence-corrected chi connectivity index (χ1v) is 16.4. The number of nitrogens with one attached hydrogen (secondary N) is 2. The monoisotopic (exact) mass is 675 g/mol. The Balaban J connectivity index is 1.53. The summed E-state index contributed by atoms with van der Waals surface area (Å²) >= 11 is 4.45. The highest BCUT2D eigenvalue weighted by atomic mass is 32.2. The second kappa shape index (κ2) is 17.0. The van der Waals surface area contributed by atoms with Crippen LogP contribution in [-0.4, -0.2) is 37.4 Å². The van der Waals surface area contributed by atoms with Gasteiger partial charge in [0, 0.05) is 23.5 Å². The molecule has 47 heavy (non-hydrogen) atoms. The number of nitrogens with zero attached hydrogens (tertiary/aromatic N) is 1. The van der Waals surface area contributed by atoms with Gasteiger partial charge in [0.15, 0.2) is 0 Å². The molecule has 0 unspecified atom stereocenters. The van der Waals surface area contributed by atoms with Crippen LogP contribution in [0.25, 0.3) is 0 Å². The summed E-state index contributed by atoms with van der Waals surface area (Å²) in [6.45, 7) is 0.00218. The molecule has 0 aliphatic heterocycles. The van der Waals surface area contributed by atoms with Crippen molar-refractivity contribution in [1.29, 1.82) is 0 Å². The highest BCUT2D eigenvalue weighted by Gasteiger charge is 2.26. The Hall–Kier alpha value is -5.14. The first-order valence-electron chi connectivity index (χ1n) is 14.5. The van der Waals surface area contributed by atoms with E-state index in [9.17, 15) is 28.1 Å². The molecule has 244 valence electrons. The van der Waals surface area contributed by atoms with Crippen LogP contribution >= 0.6 is 12.6 Å². The minimum atomic E-state index is -4.40. The molecule has 2 amide bonds. The number of non-ortho nitro benzene ring substituents is 1. The molecule has 4 aromatic carbocycles. The van der Waals surface area contributed by atoms with E-state index in [1.54, 1.807) is 12.1 Å². The Kier molecular flexibility index (Phi) is 12.5. The minimum absolute atomic E-state index is 0.00218. The number of carbonyl (C=O) groups excluding carboxylic acids is 2. The van der Waals surface area contributed by atoms with Gasteiger partial charge in [-0.1, -0.05) is 91.0 Å². The predicted octanol–water partition coefficient (Wildman–Crippen LogP) is 5.73. The van der Waals surface area contributed by atoms with E-state index >= 15 is 0 Å². The summed E-state index contributed by atoms with van der Waals surface area (Å²) in [5, 5.41) is 17.2. The summed E-state index contributed by atoms with van der Waals surface area (Å²) in [6.07, 6.45) is 0.0508. The third-order valence-corrected chi connectivity index (χ3v) is 8.45. The van der Waals surface area contributed by atoms with Crippen LogP contribution in [0.4, 0.5) is 10.5 Å². The van der Waals surface area contributed by atoms with E-state index in [-0.39, 0.29) is 35.8 Å². The molecule has 13 heteroatoms. The summed E-state index contributed by atoms with van der Waals surface area (Å²) < 4.78 is 36.3. The lowest BCUT2D eigenvalue weighted by Crippen LogP contribution is -2.51. The molecule has 0 radical (unpaired) electrons. The van der Waals surface area contributed by atoms with Crippen LogP contribution in [0.2, 0.25) is 0 Å². The second-order valence-corrected chi connectivity index (χ2v) is 12.3. The number of hydrogen-bond acceptors (Lipinski definition) is 9. The van der Waals surface area contributed by atoms with E-state index in [2.05, 4.69) is 23.3 Å². The number of nitro benzene ring substituents is 1. The average Bonchev–Trinajstić information content (AvgIpc) is 3.06. The Morgan fingerprint density at radius 2 is 1.34 bits per heavy atom. The van der Waals surface area contributed by atoms with E-state index in [1.165, 1.54) is 0 Å². The number of ether oxygens (including phenoxy) is 1. The van der Waals surface area contributed by atoms with Crippen molar-refractivity contribution >= 4 is 40.4 Å². The average molecular weight is 676 g/mol. The predicted molar refractivity (Wildman–Crippen MR) is 180 cm³/mol. The Morgan fingerprint density at radius 3 is 1.91 bits per heavy atom. The fourth-order valence-corrected chi connectivity index (χ4v) is 5.97. The summed E-state index contributed by atoms with van der Waals surface area (Å²) in [4.78, 5) is 36.8. The van der Waals surface area contributed by atoms with E-state index in [0.717, 1.165) is 46.4 Å². The van der Waals surface area contributed by atoms with Crippen molar-refractivity contribution in [3.05, 3.63) is 152 Å². The molecule has 0 heterocycles. The highest BCUT2D eigenvalue weighted by molar-refractivity contribution is 7.92. The minimum Gasteiger partial charge on any atom is -0.445 e. The maximum atomic E-state index is 13.7. The van der Waals surface area contributed by atoms with Crippen molar-refractivity contribution < 1.29 is 31.9 Å². The molecule has 11 nitrogen and oxygen atoms in total. The standard InChI is InChI=1S/C34H33N3O8S2/c38-33(31(22-26-12-6-2-7-13-26)36-34(39)44-23-27-14-8-3-9-15-27)35-30(21-16-25-10-4-1-5-11-25)32(46)24-47(42,43)45-29-19-17-28(18-20-29)37(40)41/h1-15,17-20,24,30-31,46H,16,21-23H2,(H,35,38)(H,36,39)/b32-24-/t30-,31-/m0/s1. The van der Waals surface area contributed by atoms with Crippen LogP contribution in [0.3, 0.4) is 0 Å². The lowest BCUT2D eigenvalue weighted by atomic mass is 10.0. The van der Waals surface area contributed by atoms with Crippen LogP contribution in [0, 0.1) is 10.1 Å². The van der Waals surface area contributed by atoms with Crippen molar-refractivity contribution in [1.82, 2.24) is 10.6 Å². The number of rotatable bonds is 15. The molecule has 0 bridgehead atoms. The zero-order chi connectivity index (χ0) is 33.6. The van der Waals surface area contributed by atoms with Crippen LogP contribution in [0.15, 0.2) is 126 Å². The Morgan fingerprint density at radius 1 is 0.787 bits per heavy atom. The maximum absolute atomic E-state index is 13.7. The number of aryl methyl sites for hydroxylation is 1. The molecule has 0 saturated carbocycles. The van der Waals surface area contributed by atoms with Crippen molar-refractivity contribution in [2.24, 2.45) is 0 Å². The van der Waals surface area contributed by atoms with Crippen molar-refractivity contribution in [3.8, 4) is 5.75 Å². The lowest BCUT2D eigenvalue weighted by Gasteiger charge is -2.24. The molecule has 0 aromatic heterocycles. The largest absolute Gasteiger partial charge is 0.445 e. The van der Waals surface area contributed by atoms with Gasteiger partial charge in [0.2, 0.25) is 5.91 Å². The van der Waals surface area contributed by atoms with E-state index in [0.29, 0.717) is 6.42 Å². The molecular weight excluding hydrogens is 643 g/mol. The molecule has 4 rings (SSSR count). The number of nitro groups is 1. The SMILES string of the molecule is O=C(N[C@@H](Cc1ccccc1)C(=O)N[C@@H](CCc1ccccc1)/C(S)=C/S(=O)(=O)Oc1ccc([N+](=O)[O-])cc1)OCc1ccccc1. The Bertz CT molecular complexity index is 1770. The number of hydrogen-bond donors (Lipinski definition) is 3. The van der Waals surface area contributed by atoms with Crippen molar-refractivity contribution in [2.45, 2.75) is 38.0 Å². The Labute approximate surface area is 278 Å². The van der Waals surface area contributed by atoms with Gasteiger partial charge in [0.1, 0.15) is 18.4 Å². The first kappa shape index (κ1) is 34.7. The summed E-state index contributed by atoms with van der Waals surface area (Å²) in [5.41, 5.74) is 2.26. The molecule has 2 N–H and O–H groups in total. The van der Waals surface area contributed by atoms with Gasteiger partial charge in [-0.25, -0.2) is 4.79 Å². The second-order valence-electron chi connectivity index (χ2n) is 10.4. The quantitative estimate of drug-likeness (QED) is 0.0625. The zero-order valence-corrected chi connectivity index (χ0v) is 26.8. The fraction of sp³-hybridized carbons (Fsp3) is 0.176. The van der Waals surface area contributed by atoms with Gasteiger partial charge in [0.25, 0.3) is 5.69 Å². The number of amides is 2. The lowest BCUT2D eigenvalue weighted by molar-refractivity contribution is -0.384. The highest BCUT2D eigenvalue weighted by Crippen LogP contribution is 2.22. The number of benzene rings is 4. The molecular formula is C34H33N3O8S2. The van der Waals surface area contributed by atoms with Crippen LogP contribution in [0.1, 0.15) is 23.1 Å². The van der Waals surface area contributed by atoms with Gasteiger partial charge < -0.3 is 19.6 Å². The number of alkyl carbamates (subject to hydrolysis) is 1. The topological polar surface area (TPSA) is 154 Å². The molecule has 4 aromatic rings. The van der Waals surface area contributed by atoms with Gasteiger partial charge >= 0.3 is 16.2 Å². The third kappa shape index (κ3) is 11.6. The third-order valence-electron chi connectivity index (χ3n) is 6.87. The van der Waals surface area contributed by atoms with E-state index < -0.39 is 39.1 Å². The molecule has 0 saturated heterocycles. The van der Waals surface area contributed by atoms with Crippen LogP contribution in [-0.2, 0) is 39.1 Å². The summed E-state index contributed by atoms with van der Waals surface area (Å²) in [7, 11) is -4.40. The summed E-state index contributed by atoms with van der Waals surface area (Å²) in [5.74, 6) is -0.726. The fourth-order valence-electron chi connectivity index (χ4n) is 4.50. The van der Waals surface area contributed by atoms with Gasteiger partial charge in [-0.3, -0.25) is 14.9 Å². The molecule has 0 aliphatic rings. The van der Waals surface area contributed by atoms with Crippen LogP contribution < -0.4 is 14.8 Å². The van der Waals surface area contributed by atoms with Gasteiger partial charge in [-0.15, -0.1) is 12.6 Å². The molecule has 0 aliphatic carbocycles. The van der Waals surface area contributed by atoms with Crippen LogP contribution in [0.5, 0.6) is 5.75 Å². The maximum Gasteiger partial charge on any atom is 0.408 e. The molecule has 2 atom stereocenters. The number of carbonyl (C=O) groups is 2. The zero-order valence-electron chi connectivity index (χ0n) is 25.1. The van der Waals surface area contributed by atoms with Gasteiger partial charge in [0.05, 0.1) is 16.4 Å². The van der Waals surface area contributed by atoms with Gasteiger partial charge in [-0.2, -0.15) is 8.42 Å². The molecule has 0 spiro atoms. The number of thiol groups is 1. The van der Waals surface area contributed by atoms with Gasteiger partial charge in [-0.05, 0) is 41.7 Å². The van der Waals surface area contributed by atoms with Crippen molar-refractivity contribution in [3.63, 3.8) is 0 Å². The van der Waals surface area contributed by atoms with E-state index in [4.69, 9.17) is 8.92 Å². The first-order chi connectivity index (χ1) is 22.6. The smallest absolute Gasteiger partial charge is 0.408 e. The molecule has 0 fully saturated rings.